The second-order valence-electron chi connectivity index (χ2n) is 5.93. The fourth-order valence-electron chi connectivity index (χ4n) is 3.24. The van der Waals surface area contributed by atoms with Crippen molar-refractivity contribution in [1.82, 2.24) is 15.0 Å². The molecule has 1 fully saturated rings. The number of nitrogens with zero attached hydrogens (tertiary/aromatic N) is 3. The maximum absolute atomic E-state index is 4.18. The van der Waals surface area contributed by atoms with Crippen LogP contribution in [0, 0.1) is 31.2 Å². The number of rotatable bonds is 5. The van der Waals surface area contributed by atoms with E-state index in [0.717, 1.165) is 6.04 Å². The number of hydrogen-bond acceptors (Lipinski definition) is 2. The molecule has 2 aromatic carbocycles. The van der Waals surface area contributed by atoms with Crippen LogP contribution in [0.5, 0.6) is 0 Å². The standard InChI is InChI=1S/C21H19N3P/c1-17(20-13-8-14-21(20)24-16-15-22-23-24)25(18-9-4-2-5-10-18)19-11-6-3-7-12-19/h2-17H,1H3/t17-/m1/s1. The summed E-state index contributed by atoms with van der Waals surface area (Å²) in [5.74, 6) is 1.31. The molecule has 4 rings (SSSR count). The van der Waals surface area contributed by atoms with Gasteiger partial charge in [0, 0.05) is 12.1 Å². The highest BCUT2D eigenvalue weighted by atomic mass is 31.1. The van der Waals surface area contributed by atoms with E-state index < -0.39 is 7.92 Å². The second-order valence-corrected chi connectivity index (χ2v) is 8.48. The third-order valence-corrected chi connectivity index (χ3v) is 7.16. The molecule has 1 atom stereocenters. The van der Waals surface area contributed by atoms with Crippen LogP contribution in [0.4, 0.5) is 0 Å². The summed E-state index contributed by atoms with van der Waals surface area (Å²) in [4.78, 5) is 0. The van der Waals surface area contributed by atoms with Gasteiger partial charge in [-0.2, -0.15) is 0 Å². The van der Waals surface area contributed by atoms with Gasteiger partial charge in [-0.1, -0.05) is 72.8 Å². The largest absolute Gasteiger partial charge is 0.243 e. The van der Waals surface area contributed by atoms with Crippen molar-refractivity contribution in [1.29, 1.82) is 0 Å². The van der Waals surface area contributed by atoms with E-state index in [1.165, 1.54) is 16.5 Å². The number of hydrogen-bond donors (Lipinski definition) is 0. The van der Waals surface area contributed by atoms with E-state index in [1.807, 2.05) is 10.9 Å². The molecule has 4 heteroatoms. The van der Waals surface area contributed by atoms with Crippen molar-refractivity contribution in [2.24, 2.45) is 0 Å². The summed E-state index contributed by atoms with van der Waals surface area (Å²) in [6.07, 6.45) is 10.1. The van der Waals surface area contributed by atoms with Gasteiger partial charge in [-0.15, -0.1) is 5.10 Å². The molecule has 0 bridgehead atoms. The van der Waals surface area contributed by atoms with Gasteiger partial charge in [0.25, 0.3) is 0 Å². The minimum absolute atomic E-state index is 0.369. The summed E-state index contributed by atoms with van der Waals surface area (Å²) in [7, 11) is -0.516. The van der Waals surface area contributed by atoms with Gasteiger partial charge in [0.05, 0.1) is 6.20 Å². The lowest BCUT2D eigenvalue weighted by Crippen LogP contribution is -2.29. The highest BCUT2D eigenvalue weighted by molar-refractivity contribution is 7.73. The molecule has 0 amide bonds. The van der Waals surface area contributed by atoms with Gasteiger partial charge in [0.2, 0.25) is 0 Å². The third-order valence-electron chi connectivity index (χ3n) is 4.40. The van der Waals surface area contributed by atoms with Crippen LogP contribution in [0.1, 0.15) is 6.92 Å². The first-order valence-corrected chi connectivity index (χ1v) is 9.77. The van der Waals surface area contributed by atoms with Gasteiger partial charge in [-0.05, 0) is 43.5 Å². The first kappa shape index (κ1) is 16.5. The zero-order chi connectivity index (χ0) is 17.1. The van der Waals surface area contributed by atoms with Gasteiger partial charge in [0.15, 0.2) is 0 Å². The highest BCUT2D eigenvalue weighted by Crippen LogP contribution is 2.50. The summed E-state index contributed by atoms with van der Waals surface area (Å²) < 4.78 is 1.86. The molecule has 123 valence electrons. The summed E-state index contributed by atoms with van der Waals surface area (Å²) in [6.45, 7) is 2.32. The Hall–Kier alpha value is -1.99. The molecule has 5 radical (unpaired) electrons. The molecule has 1 heterocycles. The van der Waals surface area contributed by atoms with E-state index in [-0.39, 0.29) is 0 Å². The van der Waals surface area contributed by atoms with Crippen LogP contribution < -0.4 is 10.6 Å². The lowest BCUT2D eigenvalue weighted by Gasteiger charge is -2.32. The van der Waals surface area contributed by atoms with Gasteiger partial charge in [0.1, 0.15) is 6.04 Å². The Morgan fingerprint density at radius 3 is 2.08 bits per heavy atom. The lowest BCUT2D eigenvalue weighted by molar-refractivity contribution is 0.670. The molecule has 25 heavy (non-hydrogen) atoms. The van der Waals surface area contributed by atoms with Crippen LogP contribution in [0.15, 0.2) is 73.1 Å². The fourth-order valence-corrected chi connectivity index (χ4v) is 5.91. The van der Waals surface area contributed by atoms with Gasteiger partial charge >= 0.3 is 0 Å². The average molecular weight is 344 g/mol. The predicted octanol–water partition coefficient (Wildman–Crippen LogP) is 3.38. The normalized spacial score (nSPS) is 17.2. The Bertz CT molecular complexity index is 734. The molecule has 3 aromatic rings. The molecule has 1 aliphatic carbocycles. The van der Waals surface area contributed by atoms with Crippen molar-refractivity contribution in [2.45, 2.75) is 12.6 Å². The van der Waals surface area contributed by atoms with Crippen LogP contribution in [-0.4, -0.2) is 20.7 Å². The molecule has 0 saturated heterocycles. The molecule has 1 aliphatic rings. The van der Waals surface area contributed by atoms with Gasteiger partial charge < -0.3 is 0 Å². The van der Waals surface area contributed by atoms with Crippen molar-refractivity contribution < 1.29 is 0 Å². The molecule has 3 nitrogen and oxygen atoms in total. The van der Waals surface area contributed by atoms with Crippen LogP contribution in [-0.2, 0) is 0 Å². The molecular weight excluding hydrogens is 325 g/mol. The van der Waals surface area contributed by atoms with Crippen LogP contribution in [0.3, 0.4) is 0 Å². The molecular formula is C21H19N3P. The van der Waals surface area contributed by atoms with Crippen molar-refractivity contribution in [3.8, 4) is 0 Å². The van der Waals surface area contributed by atoms with Gasteiger partial charge in [-0.3, -0.25) is 0 Å². The van der Waals surface area contributed by atoms with E-state index in [9.17, 15) is 0 Å². The van der Waals surface area contributed by atoms with Crippen molar-refractivity contribution >= 4 is 18.5 Å². The lowest BCUT2D eigenvalue weighted by atomic mass is 10.0. The third kappa shape index (κ3) is 3.39. The Morgan fingerprint density at radius 1 is 0.880 bits per heavy atom. The maximum atomic E-state index is 4.18. The van der Waals surface area contributed by atoms with Crippen molar-refractivity contribution in [3.05, 3.63) is 104 Å². The Kier molecular flexibility index (Phi) is 4.94. The summed E-state index contributed by atoms with van der Waals surface area (Å²) in [5, 5.41) is 10.9. The smallest absolute Gasteiger partial charge is 0.101 e. The van der Waals surface area contributed by atoms with Gasteiger partial charge in [-0.25, -0.2) is 4.68 Å². The quantitative estimate of drug-likeness (QED) is 0.665. The number of aromatic nitrogens is 3. The topological polar surface area (TPSA) is 30.7 Å². The summed E-state index contributed by atoms with van der Waals surface area (Å²) >= 11 is 0. The molecule has 1 aromatic heterocycles. The molecule has 0 aliphatic heterocycles. The van der Waals surface area contributed by atoms with Crippen LogP contribution in [0.2, 0.25) is 0 Å². The zero-order valence-electron chi connectivity index (χ0n) is 14.0. The minimum atomic E-state index is -0.516. The van der Waals surface area contributed by atoms with E-state index in [4.69, 9.17) is 0 Å². The maximum Gasteiger partial charge on any atom is 0.101 e. The summed E-state index contributed by atoms with van der Waals surface area (Å²) in [5.41, 5.74) is 0.369. The highest BCUT2D eigenvalue weighted by Gasteiger charge is 2.39. The molecule has 0 N–H and O–H groups in total. The zero-order valence-corrected chi connectivity index (χ0v) is 14.9. The Balaban J connectivity index is 1.69. The monoisotopic (exact) mass is 344 g/mol. The van der Waals surface area contributed by atoms with Crippen LogP contribution >= 0.6 is 7.92 Å². The first-order chi connectivity index (χ1) is 12.3. The number of benzene rings is 2. The van der Waals surface area contributed by atoms with E-state index in [0.29, 0.717) is 5.66 Å². The van der Waals surface area contributed by atoms with E-state index in [1.54, 1.807) is 6.20 Å². The first-order valence-electron chi connectivity index (χ1n) is 8.36. The minimum Gasteiger partial charge on any atom is -0.243 e. The molecule has 0 unspecified atom stereocenters. The SMILES string of the molecule is C[C@H]([C]1[CH][CH][CH][C]1n1ccnn1)P(c1ccccc1)c1ccccc1. The Labute approximate surface area is 150 Å². The average Bonchev–Trinajstić information content (AvgIpc) is 3.35. The predicted molar refractivity (Wildman–Crippen MR) is 103 cm³/mol. The molecule has 0 spiro atoms. The van der Waals surface area contributed by atoms with Crippen molar-refractivity contribution in [3.63, 3.8) is 0 Å². The van der Waals surface area contributed by atoms with Crippen LogP contribution in [0.25, 0.3) is 0 Å². The van der Waals surface area contributed by atoms with E-state index >= 15 is 0 Å². The second kappa shape index (κ2) is 7.49. The van der Waals surface area contributed by atoms with Crippen molar-refractivity contribution in [2.75, 3.05) is 0 Å². The van der Waals surface area contributed by atoms with E-state index in [2.05, 4.69) is 97.2 Å². The summed E-state index contributed by atoms with van der Waals surface area (Å²) in [6, 6.07) is 22.8. The fraction of sp³-hybridized carbons (Fsp3) is 0.0952. The molecule has 1 saturated carbocycles. The Morgan fingerprint density at radius 2 is 1.52 bits per heavy atom.